The molecule has 0 spiro atoms. The molecule has 3 rings (SSSR count). The Balaban J connectivity index is 1.80. The van der Waals surface area contributed by atoms with E-state index in [-0.39, 0.29) is 11.6 Å². The normalized spacial score (nSPS) is 12.4. The Labute approximate surface area is 117 Å². The van der Waals surface area contributed by atoms with Crippen LogP contribution >= 0.6 is 11.3 Å². The smallest absolute Gasteiger partial charge is 0.260 e. The fraction of sp³-hybridized carbons (Fsp3) is 0.167. The van der Waals surface area contributed by atoms with Crippen LogP contribution < -0.4 is 10.9 Å². The predicted molar refractivity (Wildman–Crippen MR) is 73.8 cm³/mol. The summed E-state index contributed by atoms with van der Waals surface area (Å²) in [5.41, 5.74) is 2.06. The molecule has 0 aliphatic rings. The highest BCUT2D eigenvalue weighted by molar-refractivity contribution is 7.14. The Morgan fingerprint density at radius 1 is 1.55 bits per heavy atom. The van der Waals surface area contributed by atoms with Crippen molar-refractivity contribution < 1.29 is 4.79 Å². The van der Waals surface area contributed by atoms with Gasteiger partial charge in [0.15, 0.2) is 0 Å². The van der Waals surface area contributed by atoms with Gasteiger partial charge in [0.25, 0.3) is 11.5 Å². The monoisotopic (exact) mass is 289 g/mol. The molecule has 20 heavy (non-hydrogen) atoms. The highest BCUT2D eigenvalue weighted by atomic mass is 32.1. The molecule has 102 valence electrons. The molecule has 0 bridgehead atoms. The summed E-state index contributed by atoms with van der Waals surface area (Å²) < 4.78 is 1.65. The molecule has 0 unspecified atom stereocenters. The van der Waals surface area contributed by atoms with Crippen molar-refractivity contribution in [3.63, 3.8) is 0 Å². The van der Waals surface area contributed by atoms with Gasteiger partial charge in [0.1, 0.15) is 11.1 Å². The Morgan fingerprint density at radius 3 is 3.15 bits per heavy atom. The van der Waals surface area contributed by atoms with Crippen LogP contribution in [0.1, 0.15) is 29.0 Å². The van der Waals surface area contributed by atoms with Crippen molar-refractivity contribution in [3.8, 4) is 0 Å². The van der Waals surface area contributed by atoms with Crippen LogP contribution in [0, 0.1) is 0 Å². The fourth-order valence-electron chi connectivity index (χ4n) is 1.81. The molecule has 3 heterocycles. The third-order valence-electron chi connectivity index (χ3n) is 2.86. The van der Waals surface area contributed by atoms with Gasteiger partial charge >= 0.3 is 0 Å². The van der Waals surface area contributed by atoms with Crippen molar-refractivity contribution in [2.75, 3.05) is 0 Å². The average molecular weight is 289 g/mol. The quantitative estimate of drug-likeness (QED) is 0.751. The number of aromatic amines is 1. The lowest BCUT2D eigenvalue weighted by Crippen LogP contribution is -2.31. The molecule has 3 aromatic heterocycles. The number of aromatic nitrogens is 4. The first-order chi connectivity index (χ1) is 9.65. The molecule has 0 radical (unpaired) electrons. The first kappa shape index (κ1) is 12.5. The molecule has 0 saturated heterocycles. The summed E-state index contributed by atoms with van der Waals surface area (Å²) in [5, 5.41) is 6.82. The van der Waals surface area contributed by atoms with E-state index in [4.69, 9.17) is 0 Å². The van der Waals surface area contributed by atoms with E-state index in [2.05, 4.69) is 20.4 Å². The van der Waals surface area contributed by atoms with Gasteiger partial charge < -0.3 is 10.3 Å². The van der Waals surface area contributed by atoms with Gasteiger partial charge in [-0.15, -0.1) is 0 Å². The number of imidazole rings is 1. The van der Waals surface area contributed by atoms with Crippen molar-refractivity contribution in [1.29, 1.82) is 0 Å². The van der Waals surface area contributed by atoms with Crippen LogP contribution in [-0.4, -0.2) is 25.5 Å². The third kappa shape index (κ3) is 2.21. The zero-order valence-electron chi connectivity index (χ0n) is 10.5. The second-order valence-electron chi connectivity index (χ2n) is 4.24. The van der Waals surface area contributed by atoms with Gasteiger partial charge in [-0.1, -0.05) is 11.3 Å². The largest absolute Gasteiger partial charge is 0.344 e. The molecule has 0 aliphatic heterocycles. The van der Waals surface area contributed by atoms with Crippen LogP contribution in [0.4, 0.5) is 0 Å². The van der Waals surface area contributed by atoms with Crippen LogP contribution in [0.3, 0.4) is 0 Å². The average Bonchev–Trinajstić information content (AvgIpc) is 2.99. The van der Waals surface area contributed by atoms with Gasteiger partial charge in [-0.05, 0) is 19.1 Å². The minimum atomic E-state index is -0.427. The van der Waals surface area contributed by atoms with Crippen molar-refractivity contribution in [2.45, 2.75) is 13.0 Å². The number of hydrogen-bond acceptors (Lipinski definition) is 5. The number of carbonyl (C=O) groups is 1. The molecule has 8 heteroatoms. The summed E-state index contributed by atoms with van der Waals surface area (Å²) in [5.74, 6) is -0.427. The Hall–Kier alpha value is -2.48. The third-order valence-corrected chi connectivity index (χ3v) is 3.55. The van der Waals surface area contributed by atoms with Gasteiger partial charge in [-0.25, -0.2) is 9.50 Å². The van der Waals surface area contributed by atoms with E-state index in [1.807, 2.05) is 6.92 Å². The highest BCUT2D eigenvalue weighted by Crippen LogP contribution is 2.15. The summed E-state index contributed by atoms with van der Waals surface area (Å²) in [6, 6.07) is 2.78. The molecule has 1 atom stereocenters. The van der Waals surface area contributed by atoms with Crippen molar-refractivity contribution >= 4 is 22.2 Å². The van der Waals surface area contributed by atoms with Crippen LogP contribution in [0.15, 0.2) is 34.8 Å². The number of H-pyrrole nitrogens is 1. The van der Waals surface area contributed by atoms with Crippen molar-refractivity contribution in [3.05, 3.63) is 51.6 Å². The zero-order chi connectivity index (χ0) is 14.1. The maximum Gasteiger partial charge on any atom is 0.260 e. The number of nitrogens with zero attached hydrogens (tertiary/aromatic N) is 3. The molecule has 0 aliphatic carbocycles. The van der Waals surface area contributed by atoms with Crippen LogP contribution in [0.5, 0.6) is 0 Å². The summed E-state index contributed by atoms with van der Waals surface area (Å²) in [6.07, 6.45) is 3.24. The molecule has 1 amide bonds. The fourth-order valence-corrected chi connectivity index (χ4v) is 2.42. The number of hydrogen-bond donors (Lipinski definition) is 2. The van der Waals surface area contributed by atoms with Gasteiger partial charge in [-0.3, -0.25) is 9.59 Å². The second kappa shape index (κ2) is 4.89. The molecule has 0 fully saturated rings. The van der Waals surface area contributed by atoms with Crippen LogP contribution in [-0.2, 0) is 0 Å². The first-order valence-electron chi connectivity index (χ1n) is 5.92. The van der Waals surface area contributed by atoms with E-state index in [9.17, 15) is 9.59 Å². The SMILES string of the molecule is C[C@H](NC(=O)c1ccc[nH]c1=O)c1cn2ncsc2n1. The number of pyridine rings is 1. The Morgan fingerprint density at radius 2 is 2.40 bits per heavy atom. The lowest BCUT2D eigenvalue weighted by atomic mass is 10.2. The summed E-state index contributed by atoms with van der Waals surface area (Å²) in [6.45, 7) is 1.81. The molecule has 2 N–H and O–H groups in total. The van der Waals surface area contributed by atoms with E-state index < -0.39 is 11.5 Å². The first-order valence-corrected chi connectivity index (χ1v) is 6.80. The topological polar surface area (TPSA) is 92.2 Å². The zero-order valence-corrected chi connectivity index (χ0v) is 11.3. The van der Waals surface area contributed by atoms with Crippen molar-refractivity contribution in [2.24, 2.45) is 0 Å². The summed E-state index contributed by atoms with van der Waals surface area (Å²) in [4.78, 5) is 31.1. The highest BCUT2D eigenvalue weighted by Gasteiger charge is 2.16. The lowest BCUT2D eigenvalue weighted by molar-refractivity contribution is 0.0937. The van der Waals surface area contributed by atoms with E-state index in [0.717, 1.165) is 4.96 Å². The molecular weight excluding hydrogens is 278 g/mol. The molecule has 0 saturated carbocycles. The standard InChI is InChI=1S/C12H11N5O2S/c1-7(9-5-17-12(16-9)20-6-14-17)15-11(19)8-3-2-4-13-10(8)18/h2-7H,1H3,(H,13,18)(H,15,19)/t7-/m0/s1. The van der Waals surface area contributed by atoms with Gasteiger partial charge in [-0.2, -0.15) is 5.10 Å². The van der Waals surface area contributed by atoms with E-state index >= 15 is 0 Å². The number of fused-ring (bicyclic) bond motifs is 1. The minimum Gasteiger partial charge on any atom is -0.344 e. The lowest BCUT2D eigenvalue weighted by Gasteiger charge is -2.10. The maximum absolute atomic E-state index is 12.0. The molecular formula is C12H11N5O2S. The number of rotatable bonds is 3. The van der Waals surface area contributed by atoms with E-state index in [0.29, 0.717) is 5.69 Å². The number of amides is 1. The number of carbonyl (C=O) groups excluding carboxylic acids is 1. The summed E-state index contributed by atoms with van der Waals surface area (Å²) >= 11 is 1.42. The second-order valence-corrected chi connectivity index (χ2v) is 5.05. The molecule has 0 aromatic carbocycles. The summed E-state index contributed by atoms with van der Waals surface area (Å²) in [7, 11) is 0. The van der Waals surface area contributed by atoms with Crippen LogP contribution in [0.25, 0.3) is 4.96 Å². The van der Waals surface area contributed by atoms with Gasteiger partial charge in [0.2, 0.25) is 4.96 Å². The van der Waals surface area contributed by atoms with Crippen LogP contribution in [0.2, 0.25) is 0 Å². The maximum atomic E-state index is 12.0. The van der Waals surface area contributed by atoms with Crippen molar-refractivity contribution in [1.82, 2.24) is 24.9 Å². The minimum absolute atomic E-state index is 0.0819. The molecule has 7 nitrogen and oxygen atoms in total. The Bertz CT molecular complexity index is 790. The Kier molecular flexibility index (Phi) is 3.07. The predicted octanol–water partition coefficient (Wildman–Crippen LogP) is 0.970. The van der Waals surface area contributed by atoms with E-state index in [1.165, 1.54) is 23.6 Å². The van der Waals surface area contributed by atoms with E-state index in [1.54, 1.807) is 22.3 Å². The molecule has 3 aromatic rings. The van der Waals surface area contributed by atoms with Gasteiger partial charge in [0.05, 0.1) is 17.9 Å². The number of nitrogens with one attached hydrogen (secondary N) is 2. The van der Waals surface area contributed by atoms with Gasteiger partial charge in [0, 0.05) is 6.20 Å².